The van der Waals surface area contributed by atoms with Gasteiger partial charge in [0.25, 0.3) is 5.91 Å². The molecule has 2 aromatic heterocycles. The molecule has 2 rings (SSSR count). The number of hydrogen-bond donors (Lipinski definition) is 2. The molecule has 17 heavy (non-hydrogen) atoms. The van der Waals surface area contributed by atoms with E-state index in [4.69, 9.17) is 5.11 Å². The van der Waals surface area contributed by atoms with Crippen molar-refractivity contribution in [3.63, 3.8) is 0 Å². The predicted octanol–water partition coefficient (Wildman–Crippen LogP) is 1.22. The highest BCUT2D eigenvalue weighted by Gasteiger charge is 2.05. The molecule has 0 aliphatic rings. The Kier molecular flexibility index (Phi) is 3.42. The van der Waals surface area contributed by atoms with Gasteiger partial charge in [-0.25, -0.2) is 4.98 Å². The minimum absolute atomic E-state index is 0.0639. The third-order valence-electron chi connectivity index (χ3n) is 2.19. The highest BCUT2D eigenvalue weighted by molar-refractivity contribution is 6.03. The minimum atomic E-state index is -0.239. The van der Waals surface area contributed by atoms with Gasteiger partial charge in [-0.1, -0.05) is 6.07 Å². The van der Waals surface area contributed by atoms with Crippen LogP contribution >= 0.6 is 0 Å². The summed E-state index contributed by atoms with van der Waals surface area (Å²) in [7, 11) is 0. The largest absolute Gasteiger partial charge is 0.392 e. The van der Waals surface area contributed by atoms with E-state index in [-0.39, 0.29) is 12.5 Å². The van der Waals surface area contributed by atoms with Crippen LogP contribution in [0.3, 0.4) is 0 Å². The van der Waals surface area contributed by atoms with E-state index in [9.17, 15) is 4.79 Å². The second-order valence-corrected chi connectivity index (χ2v) is 3.40. The molecule has 0 aromatic carbocycles. The van der Waals surface area contributed by atoms with Crippen LogP contribution in [0.4, 0.5) is 5.82 Å². The summed E-state index contributed by atoms with van der Waals surface area (Å²) >= 11 is 0. The fourth-order valence-electron chi connectivity index (χ4n) is 1.28. The summed E-state index contributed by atoms with van der Waals surface area (Å²) in [6.07, 6.45) is 4.62. The van der Waals surface area contributed by atoms with Crippen LogP contribution in [0.2, 0.25) is 0 Å². The number of anilines is 1. The average Bonchev–Trinajstić information content (AvgIpc) is 2.40. The van der Waals surface area contributed by atoms with Gasteiger partial charge in [0.15, 0.2) is 0 Å². The fourth-order valence-corrected chi connectivity index (χ4v) is 1.28. The fraction of sp³-hybridized carbons (Fsp3) is 0.0833. The molecule has 1 amide bonds. The van der Waals surface area contributed by atoms with E-state index in [1.807, 2.05) is 0 Å². The second-order valence-electron chi connectivity index (χ2n) is 3.40. The molecule has 2 heterocycles. The molecule has 5 heteroatoms. The smallest absolute Gasteiger partial charge is 0.256 e. The zero-order valence-electron chi connectivity index (χ0n) is 9.00. The standard InChI is InChI=1S/C12H11N3O2/c16-8-9-1-2-11(14-7-9)15-12(17)10-3-5-13-6-4-10/h1-7,16H,8H2,(H,14,15,17). The van der Waals surface area contributed by atoms with Gasteiger partial charge in [0, 0.05) is 24.2 Å². The van der Waals surface area contributed by atoms with Crippen molar-refractivity contribution in [1.29, 1.82) is 0 Å². The number of hydrogen-bond acceptors (Lipinski definition) is 4. The maximum atomic E-state index is 11.7. The van der Waals surface area contributed by atoms with Gasteiger partial charge in [0.2, 0.25) is 0 Å². The summed E-state index contributed by atoms with van der Waals surface area (Å²) in [6, 6.07) is 6.59. The van der Waals surface area contributed by atoms with Crippen molar-refractivity contribution in [2.75, 3.05) is 5.32 Å². The molecular weight excluding hydrogens is 218 g/mol. The van der Waals surface area contributed by atoms with E-state index in [1.165, 1.54) is 6.20 Å². The van der Waals surface area contributed by atoms with Gasteiger partial charge >= 0.3 is 0 Å². The van der Waals surface area contributed by atoms with Crippen molar-refractivity contribution in [2.45, 2.75) is 6.61 Å². The van der Waals surface area contributed by atoms with E-state index in [0.29, 0.717) is 16.9 Å². The van der Waals surface area contributed by atoms with Crippen molar-refractivity contribution >= 4 is 11.7 Å². The summed E-state index contributed by atoms with van der Waals surface area (Å²) in [5, 5.41) is 11.5. The minimum Gasteiger partial charge on any atom is -0.392 e. The summed E-state index contributed by atoms with van der Waals surface area (Å²) in [6.45, 7) is -0.0639. The maximum absolute atomic E-state index is 11.7. The first-order chi connectivity index (χ1) is 8.29. The summed E-state index contributed by atoms with van der Waals surface area (Å²) in [4.78, 5) is 19.6. The molecule has 0 radical (unpaired) electrons. The van der Waals surface area contributed by atoms with Crippen LogP contribution in [0.5, 0.6) is 0 Å². The molecular formula is C12H11N3O2. The lowest BCUT2D eigenvalue weighted by Gasteiger charge is -2.04. The Labute approximate surface area is 98.2 Å². The molecule has 0 unspecified atom stereocenters. The molecule has 0 atom stereocenters. The number of carbonyl (C=O) groups excluding carboxylic acids is 1. The van der Waals surface area contributed by atoms with Crippen LogP contribution in [-0.4, -0.2) is 21.0 Å². The van der Waals surface area contributed by atoms with Gasteiger partial charge in [-0.15, -0.1) is 0 Å². The van der Waals surface area contributed by atoms with Crippen LogP contribution in [-0.2, 0) is 6.61 Å². The molecule has 2 N–H and O–H groups in total. The number of nitrogens with one attached hydrogen (secondary N) is 1. The Balaban J connectivity index is 2.08. The number of pyridine rings is 2. The Morgan fingerprint density at radius 3 is 2.59 bits per heavy atom. The Morgan fingerprint density at radius 2 is 2.00 bits per heavy atom. The Bertz CT molecular complexity index is 497. The number of aliphatic hydroxyl groups excluding tert-OH is 1. The Morgan fingerprint density at radius 1 is 1.24 bits per heavy atom. The van der Waals surface area contributed by atoms with Gasteiger partial charge in [-0.2, -0.15) is 0 Å². The van der Waals surface area contributed by atoms with Crippen LogP contribution in [0, 0.1) is 0 Å². The van der Waals surface area contributed by atoms with Crippen LogP contribution in [0.1, 0.15) is 15.9 Å². The van der Waals surface area contributed by atoms with Crippen LogP contribution in [0.15, 0.2) is 42.9 Å². The Hall–Kier alpha value is -2.27. The van der Waals surface area contributed by atoms with Gasteiger partial charge in [-0.3, -0.25) is 9.78 Å². The number of aliphatic hydroxyl groups is 1. The molecule has 0 aliphatic carbocycles. The van der Waals surface area contributed by atoms with Crippen molar-refractivity contribution < 1.29 is 9.90 Å². The van der Waals surface area contributed by atoms with Gasteiger partial charge < -0.3 is 10.4 Å². The normalized spacial score (nSPS) is 9.94. The van der Waals surface area contributed by atoms with Gasteiger partial charge in [0.05, 0.1) is 6.61 Å². The molecule has 0 saturated heterocycles. The van der Waals surface area contributed by atoms with Crippen molar-refractivity contribution in [3.8, 4) is 0 Å². The van der Waals surface area contributed by atoms with Crippen LogP contribution < -0.4 is 5.32 Å². The first-order valence-corrected chi connectivity index (χ1v) is 5.07. The molecule has 0 saturated carbocycles. The summed E-state index contributed by atoms with van der Waals surface area (Å²) < 4.78 is 0. The summed E-state index contributed by atoms with van der Waals surface area (Å²) in [5.41, 5.74) is 1.22. The molecule has 86 valence electrons. The number of nitrogens with zero attached hydrogens (tertiary/aromatic N) is 2. The number of rotatable bonds is 3. The topological polar surface area (TPSA) is 75.1 Å². The molecule has 0 spiro atoms. The average molecular weight is 229 g/mol. The first kappa shape index (κ1) is 11.2. The molecule has 0 bridgehead atoms. The number of carbonyl (C=O) groups is 1. The lowest BCUT2D eigenvalue weighted by Crippen LogP contribution is -2.12. The molecule has 0 aliphatic heterocycles. The second kappa shape index (κ2) is 5.18. The third-order valence-corrected chi connectivity index (χ3v) is 2.19. The maximum Gasteiger partial charge on any atom is 0.256 e. The van der Waals surface area contributed by atoms with E-state index in [1.54, 1.807) is 36.7 Å². The van der Waals surface area contributed by atoms with Crippen LogP contribution in [0.25, 0.3) is 0 Å². The van der Waals surface area contributed by atoms with E-state index >= 15 is 0 Å². The number of aromatic nitrogens is 2. The SMILES string of the molecule is O=C(Nc1ccc(CO)cn1)c1ccncc1. The molecule has 2 aromatic rings. The lowest BCUT2D eigenvalue weighted by molar-refractivity contribution is 0.102. The van der Waals surface area contributed by atoms with Crippen molar-refractivity contribution in [2.24, 2.45) is 0 Å². The van der Waals surface area contributed by atoms with Gasteiger partial charge in [-0.05, 0) is 23.8 Å². The van der Waals surface area contributed by atoms with E-state index in [0.717, 1.165) is 0 Å². The van der Waals surface area contributed by atoms with Crippen molar-refractivity contribution in [1.82, 2.24) is 9.97 Å². The molecule has 5 nitrogen and oxygen atoms in total. The van der Waals surface area contributed by atoms with Gasteiger partial charge in [0.1, 0.15) is 5.82 Å². The zero-order valence-corrected chi connectivity index (χ0v) is 9.00. The predicted molar refractivity (Wildman–Crippen MR) is 62.4 cm³/mol. The van der Waals surface area contributed by atoms with Crippen molar-refractivity contribution in [3.05, 3.63) is 54.0 Å². The lowest BCUT2D eigenvalue weighted by atomic mass is 10.2. The monoisotopic (exact) mass is 229 g/mol. The first-order valence-electron chi connectivity index (χ1n) is 5.07. The highest BCUT2D eigenvalue weighted by Crippen LogP contribution is 2.07. The molecule has 0 fully saturated rings. The summed E-state index contributed by atoms with van der Waals surface area (Å²) in [5.74, 6) is 0.209. The van der Waals surface area contributed by atoms with E-state index < -0.39 is 0 Å². The third kappa shape index (κ3) is 2.85. The zero-order chi connectivity index (χ0) is 12.1. The highest BCUT2D eigenvalue weighted by atomic mass is 16.3. The number of amides is 1. The van der Waals surface area contributed by atoms with E-state index in [2.05, 4.69) is 15.3 Å². The quantitative estimate of drug-likeness (QED) is 0.829.